The summed E-state index contributed by atoms with van der Waals surface area (Å²) in [6, 6.07) is 6.10. The monoisotopic (exact) mass is 400 g/mol. The van der Waals surface area contributed by atoms with Crippen LogP contribution in [0.4, 0.5) is 4.39 Å². The number of benzene rings is 1. The Hall–Kier alpha value is -2.11. The molecule has 1 aromatic carbocycles. The van der Waals surface area contributed by atoms with E-state index < -0.39 is 5.82 Å². The molecule has 0 radical (unpaired) electrons. The number of rotatable bonds is 4. The fraction of sp³-hybridized carbons (Fsp3) is 0.652. The highest BCUT2D eigenvalue weighted by Gasteiger charge is 2.55. The lowest BCUT2D eigenvalue weighted by atomic mass is 9.49. The van der Waals surface area contributed by atoms with E-state index in [1.54, 1.807) is 17.0 Å². The molecule has 4 bridgehead atoms. The number of hydrogen-bond donors (Lipinski definition) is 0. The Morgan fingerprint density at radius 3 is 2.07 bits per heavy atom. The first-order chi connectivity index (χ1) is 14.0. The van der Waals surface area contributed by atoms with Gasteiger partial charge in [-0.25, -0.2) is 4.39 Å². The number of ether oxygens (including phenoxy) is 1. The highest BCUT2D eigenvalue weighted by Crippen LogP contribution is 2.60. The molecule has 0 spiro atoms. The number of para-hydroxylation sites is 1. The summed E-state index contributed by atoms with van der Waals surface area (Å²) >= 11 is 0. The Bertz CT molecular complexity index is 768. The summed E-state index contributed by atoms with van der Waals surface area (Å²) in [5.74, 6) is 2.07. The first-order valence-corrected chi connectivity index (χ1v) is 11.0. The second-order valence-electron chi connectivity index (χ2n) is 9.59. The smallest absolute Gasteiger partial charge is 0.260 e. The molecule has 0 atom stereocenters. The Labute approximate surface area is 171 Å². The van der Waals surface area contributed by atoms with Crippen molar-refractivity contribution in [3.05, 3.63) is 30.1 Å². The van der Waals surface area contributed by atoms with Gasteiger partial charge in [-0.15, -0.1) is 0 Å². The lowest BCUT2D eigenvalue weighted by Gasteiger charge is -2.57. The van der Waals surface area contributed by atoms with Crippen LogP contribution >= 0.6 is 0 Å². The van der Waals surface area contributed by atoms with Gasteiger partial charge in [0, 0.05) is 26.2 Å². The van der Waals surface area contributed by atoms with E-state index in [-0.39, 0.29) is 23.7 Å². The predicted molar refractivity (Wildman–Crippen MR) is 106 cm³/mol. The van der Waals surface area contributed by atoms with Crippen LogP contribution in [0.15, 0.2) is 24.3 Å². The highest BCUT2D eigenvalue weighted by atomic mass is 19.1. The van der Waals surface area contributed by atoms with Crippen LogP contribution in [0.1, 0.15) is 38.5 Å². The SMILES string of the molecule is O=C(COc1ccccc1F)N1CCN(C(=O)C23CC4CC(CC(C4)C2)C3)CC1. The summed E-state index contributed by atoms with van der Waals surface area (Å²) in [5.41, 5.74) is -0.116. The molecular formula is C23H29FN2O3. The zero-order chi connectivity index (χ0) is 20.0. The summed E-state index contributed by atoms with van der Waals surface area (Å²) in [4.78, 5) is 29.6. The molecule has 0 unspecified atom stereocenters. The standard InChI is InChI=1S/C23H29FN2O3/c24-19-3-1-2-4-20(19)29-15-21(27)25-5-7-26(8-6-25)22(28)23-12-16-9-17(13-23)11-18(10-16)14-23/h1-4,16-18H,5-15H2. The van der Waals surface area contributed by atoms with Crippen molar-refractivity contribution in [1.82, 2.24) is 9.80 Å². The first kappa shape index (κ1) is 18.9. The fourth-order valence-corrected chi connectivity index (χ4v) is 6.66. The molecule has 5 aliphatic rings. The predicted octanol–water partition coefficient (Wildman–Crippen LogP) is 3.09. The van der Waals surface area contributed by atoms with Gasteiger partial charge in [0.05, 0.1) is 5.41 Å². The van der Waals surface area contributed by atoms with E-state index in [0.717, 1.165) is 37.0 Å². The zero-order valence-corrected chi connectivity index (χ0v) is 16.8. The molecule has 5 fully saturated rings. The number of carbonyl (C=O) groups is 2. The quantitative estimate of drug-likeness (QED) is 0.780. The largest absolute Gasteiger partial charge is 0.481 e. The Morgan fingerprint density at radius 2 is 1.48 bits per heavy atom. The van der Waals surface area contributed by atoms with E-state index in [1.165, 1.54) is 31.4 Å². The molecule has 4 aliphatic carbocycles. The lowest BCUT2D eigenvalue weighted by Crippen LogP contribution is -2.58. The van der Waals surface area contributed by atoms with Crippen molar-refractivity contribution < 1.29 is 18.7 Å². The van der Waals surface area contributed by atoms with Gasteiger partial charge in [0.2, 0.25) is 5.91 Å². The van der Waals surface area contributed by atoms with Crippen molar-refractivity contribution in [2.75, 3.05) is 32.8 Å². The molecule has 0 N–H and O–H groups in total. The Kier molecular flexibility index (Phi) is 4.75. The van der Waals surface area contributed by atoms with Gasteiger partial charge in [-0.3, -0.25) is 9.59 Å². The van der Waals surface area contributed by atoms with Gasteiger partial charge in [0.25, 0.3) is 5.91 Å². The fourth-order valence-electron chi connectivity index (χ4n) is 6.66. The third-order valence-corrected chi connectivity index (χ3v) is 7.60. The maximum absolute atomic E-state index is 13.6. The molecule has 1 saturated heterocycles. The molecule has 156 valence electrons. The summed E-state index contributed by atoms with van der Waals surface area (Å²) in [5, 5.41) is 0. The lowest BCUT2D eigenvalue weighted by molar-refractivity contribution is -0.160. The third-order valence-electron chi connectivity index (χ3n) is 7.60. The summed E-state index contributed by atoms with van der Waals surface area (Å²) in [7, 11) is 0. The van der Waals surface area contributed by atoms with Crippen LogP contribution < -0.4 is 4.74 Å². The maximum Gasteiger partial charge on any atom is 0.260 e. The molecule has 4 saturated carbocycles. The van der Waals surface area contributed by atoms with Crippen molar-refractivity contribution in [2.24, 2.45) is 23.2 Å². The number of carbonyl (C=O) groups excluding carboxylic acids is 2. The van der Waals surface area contributed by atoms with E-state index in [9.17, 15) is 14.0 Å². The van der Waals surface area contributed by atoms with Crippen LogP contribution in [0.5, 0.6) is 5.75 Å². The van der Waals surface area contributed by atoms with Crippen LogP contribution in [0.25, 0.3) is 0 Å². The van der Waals surface area contributed by atoms with Crippen LogP contribution in [0, 0.1) is 29.0 Å². The van der Waals surface area contributed by atoms with E-state index in [1.807, 2.05) is 4.90 Å². The molecule has 5 nitrogen and oxygen atoms in total. The van der Waals surface area contributed by atoms with Crippen molar-refractivity contribution in [3.8, 4) is 5.75 Å². The zero-order valence-electron chi connectivity index (χ0n) is 16.8. The van der Waals surface area contributed by atoms with Crippen LogP contribution in [0.2, 0.25) is 0 Å². The molecule has 1 aromatic rings. The molecule has 29 heavy (non-hydrogen) atoms. The number of halogens is 1. The Balaban J connectivity index is 1.15. The summed E-state index contributed by atoms with van der Waals surface area (Å²) in [6.45, 7) is 2.05. The van der Waals surface area contributed by atoms with Crippen molar-refractivity contribution in [2.45, 2.75) is 38.5 Å². The minimum absolute atomic E-state index is 0.0940. The molecule has 2 amide bonds. The van der Waals surface area contributed by atoms with Crippen LogP contribution in [-0.4, -0.2) is 54.4 Å². The molecule has 0 aromatic heterocycles. The van der Waals surface area contributed by atoms with Crippen molar-refractivity contribution in [3.63, 3.8) is 0 Å². The van der Waals surface area contributed by atoms with Gasteiger partial charge < -0.3 is 14.5 Å². The number of amides is 2. The average Bonchev–Trinajstić information content (AvgIpc) is 2.71. The average molecular weight is 400 g/mol. The molecule has 6 rings (SSSR count). The van der Waals surface area contributed by atoms with Gasteiger partial charge in [0.1, 0.15) is 0 Å². The number of nitrogens with zero attached hydrogens (tertiary/aromatic N) is 2. The third kappa shape index (κ3) is 3.51. The topological polar surface area (TPSA) is 49.9 Å². The molecule has 1 heterocycles. The van der Waals surface area contributed by atoms with Crippen molar-refractivity contribution in [1.29, 1.82) is 0 Å². The van der Waals surface area contributed by atoms with Crippen molar-refractivity contribution >= 4 is 11.8 Å². The van der Waals surface area contributed by atoms with E-state index >= 15 is 0 Å². The molecular weight excluding hydrogens is 371 g/mol. The summed E-state index contributed by atoms with van der Waals surface area (Å²) in [6.07, 6.45) is 7.22. The molecule has 1 aliphatic heterocycles. The number of piperazine rings is 1. The van der Waals surface area contributed by atoms with Crippen LogP contribution in [0.3, 0.4) is 0 Å². The number of hydrogen-bond acceptors (Lipinski definition) is 3. The van der Waals surface area contributed by atoms with Crippen LogP contribution in [-0.2, 0) is 9.59 Å². The Morgan fingerprint density at radius 1 is 0.931 bits per heavy atom. The highest BCUT2D eigenvalue weighted by molar-refractivity contribution is 5.84. The minimum atomic E-state index is -0.466. The second-order valence-corrected chi connectivity index (χ2v) is 9.59. The van der Waals surface area contributed by atoms with Gasteiger partial charge in [0.15, 0.2) is 18.2 Å². The normalized spacial score (nSPS) is 33.1. The summed E-state index contributed by atoms with van der Waals surface area (Å²) < 4.78 is 19.0. The van der Waals surface area contributed by atoms with Gasteiger partial charge >= 0.3 is 0 Å². The van der Waals surface area contributed by atoms with Gasteiger partial charge in [-0.1, -0.05) is 12.1 Å². The van der Waals surface area contributed by atoms with E-state index in [4.69, 9.17) is 4.74 Å². The molecule has 6 heteroatoms. The second kappa shape index (κ2) is 7.29. The first-order valence-electron chi connectivity index (χ1n) is 11.0. The maximum atomic E-state index is 13.6. The van der Waals surface area contributed by atoms with Gasteiger partial charge in [-0.05, 0) is 68.4 Å². The van der Waals surface area contributed by atoms with E-state index in [0.29, 0.717) is 32.1 Å². The van der Waals surface area contributed by atoms with E-state index in [2.05, 4.69) is 0 Å². The van der Waals surface area contributed by atoms with Gasteiger partial charge in [-0.2, -0.15) is 0 Å². The minimum Gasteiger partial charge on any atom is -0.481 e.